The molecule has 3 rings (SSSR count). The summed E-state index contributed by atoms with van der Waals surface area (Å²) in [6, 6.07) is 12.0. The van der Waals surface area contributed by atoms with Crippen LogP contribution in [0.4, 0.5) is 4.39 Å². The van der Waals surface area contributed by atoms with Crippen molar-refractivity contribution in [3.05, 3.63) is 58.9 Å². The number of hydrogen-bond donors (Lipinski definition) is 0. The van der Waals surface area contributed by atoms with Gasteiger partial charge >= 0.3 is 0 Å². The molecule has 0 atom stereocenters. The van der Waals surface area contributed by atoms with Gasteiger partial charge in [0.1, 0.15) is 5.82 Å². The number of halogens is 1. The van der Waals surface area contributed by atoms with Crippen molar-refractivity contribution in [3.8, 4) is 0 Å². The van der Waals surface area contributed by atoms with Gasteiger partial charge in [-0.25, -0.2) is 4.39 Å². The van der Waals surface area contributed by atoms with Gasteiger partial charge in [-0.05, 0) is 54.1 Å². The number of hydrogen-bond acceptors (Lipinski definition) is 0. The minimum Gasteiger partial charge on any atom is -0.206 e. The lowest BCUT2D eigenvalue weighted by Crippen LogP contribution is -1.88. The number of fused-ring (bicyclic) bond motifs is 3. The Labute approximate surface area is 106 Å². The monoisotopic (exact) mass is 238 g/mol. The van der Waals surface area contributed by atoms with E-state index < -0.39 is 0 Å². The van der Waals surface area contributed by atoms with Gasteiger partial charge in [0, 0.05) is 5.39 Å². The van der Waals surface area contributed by atoms with Crippen LogP contribution in [0.5, 0.6) is 0 Å². The van der Waals surface area contributed by atoms with E-state index in [1.165, 1.54) is 11.1 Å². The fourth-order valence-corrected chi connectivity index (χ4v) is 2.76. The maximum Gasteiger partial charge on any atom is 0.131 e. The lowest BCUT2D eigenvalue weighted by Gasteiger charge is -2.09. The molecule has 0 bridgehead atoms. The number of benzene rings is 3. The summed E-state index contributed by atoms with van der Waals surface area (Å²) in [6.07, 6.45) is 0. The van der Waals surface area contributed by atoms with Gasteiger partial charge in [0.25, 0.3) is 0 Å². The van der Waals surface area contributed by atoms with Gasteiger partial charge in [-0.15, -0.1) is 0 Å². The maximum absolute atomic E-state index is 14.2. The highest BCUT2D eigenvalue weighted by molar-refractivity contribution is 6.09. The third-order valence-electron chi connectivity index (χ3n) is 3.50. The molecule has 3 aromatic rings. The first-order valence-electron chi connectivity index (χ1n) is 6.16. The lowest BCUT2D eigenvalue weighted by molar-refractivity contribution is 0.639. The van der Waals surface area contributed by atoms with Crippen LogP contribution in [0.1, 0.15) is 16.7 Å². The van der Waals surface area contributed by atoms with Crippen molar-refractivity contribution in [1.82, 2.24) is 0 Å². The van der Waals surface area contributed by atoms with E-state index in [0.29, 0.717) is 0 Å². The summed E-state index contributed by atoms with van der Waals surface area (Å²) in [5.41, 5.74) is 3.34. The summed E-state index contributed by atoms with van der Waals surface area (Å²) in [7, 11) is 0. The standard InChI is InChI=1S/C17H15F/c1-10-6-12(3)14-5-4-13-7-11(2)9-16(18)17(13)15(14)8-10/h4-9H,1-3H3. The number of rotatable bonds is 0. The Balaban J connectivity index is 2.60. The lowest BCUT2D eigenvalue weighted by atomic mass is 9.96. The second kappa shape index (κ2) is 3.81. The molecule has 0 nitrogen and oxygen atoms in total. The van der Waals surface area contributed by atoms with Gasteiger partial charge in [-0.3, -0.25) is 0 Å². The third kappa shape index (κ3) is 1.59. The summed E-state index contributed by atoms with van der Waals surface area (Å²) in [6.45, 7) is 6.05. The van der Waals surface area contributed by atoms with Crippen molar-refractivity contribution >= 4 is 21.5 Å². The molecule has 0 fully saturated rings. The van der Waals surface area contributed by atoms with E-state index in [4.69, 9.17) is 0 Å². The second-order valence-electron chi connectivity index (χ2n) is 5.09. The predicted octanol–water partition coefficient (Wildman–Crippen LogP) is 5.06. The molecular weight excluding hydrogens is 223 g/mol. The molecule has 18 heavy (non-hydrogen) atoms. The molecule has 0 aromatic heterocycles. The van der Waals surface area contributed by atoms with Gasteiger partial charge in [0.15, 0.2) is 0 Å². The van der Waals surface area contributed by atoms with Crippen LogP contribution in [-0.4, -0.2) is 0 Å². The Bertz CT molecular complexity index is 770. The molecule has 0 heterocycles. The van der Waals surface area contributed by atoms with E-state index in [2.05, 4.69) is 32.0 Å². The predicted molar refractivity (Wildman–Crippen MR) is 75.6 cm³/mol. The van der Waals surface area contributed by atoms with Crippen LogP contribution in [0.2, 0.25) is 0 Å². The van der Waals surface area contributed by atoms with Crippen LogP contribution in [0.3, 0.4) is 0 Å². The quantitative estimate of drug-likeness (QED) is 0.480. The fraction of sp³-hybridized carbons (Fsp3) is 0.176. The zero-order valence-corrected chi connectivity index (χ0v) is 10.8. The van der Waals surface area contributed by atoms with E-state index in [-0.39, 0.29) is 5.82 Å². The largest absolute Gasteiger partial charge is 0.206 e. The van der Waals surface area contributed by atoms with E-state index in [1.54, 1.807) is 6.07 Å². The van der Waals surface area contributed by atoms with E-state index in [1.807, 2.05) is 19.1 Å². The molecule has 0 unspecified atom stereocenters. The van der Waals surface area contributed by atoms with E-state index >= 15 is 0 Å². The van der Waals surface area contributed by atoms with Gasteiger partial charge in [-0.2, -0.15) is 0 Å². The van der Waals surface area contributed by atoms with E-state index in [9.17, 15) is 4.39 Å². The molecule has 0 aliphatic heterocycles. The first kappa shape index (κ1) is 11.2. The average Bonchev–Trinajstić information content (AvgIpc) is 2.26. The fourth-order valence-electron chi connectivity index (χ4n) is 2.76. The van der Waals surface area contributed by atoms with Gasteiger partial charge in [0.2, 0.25) is 0 Å². The van der Waals surface area contributed by atoms with Crippen molar-refractivity contribution in [1.29, 1.82) is 0 Å². The summed E-state index contributed by atoms with van der Waals surface area (Å²) in [5.74, 6) is -0.124. The minimum atomic E-state index is -0.124. The van der Waals surface area contributed by atoms with Gasteiger partial charge < -0.3 is 0 Å². The van der Waals surface area contributed by atoms with Crippen molar-refractivity contribution in [2.24, 2.45) is 0 Å². The molecule has 0 N–H and O–H groups in total. The summed E-state index contributed by atoms with van der Waals surface area (Å²) in [5, 5.41) is 3.87. The Kier molecular flexibility index (Phi) is 2.37. The molecule has 0 radical (unpaired) electrons. The molecule has 1 heteroatoms. The van der Waals surface area contributed by atoms with Crippen LogP contribution >= 0.6 is 0 Å². The topological polar surface area (TPSA) is 0 Å². The first-order valence-corrected chi connectivity index (χ1v) is 6.16. The summed E-state index contributed by atoms with van der Waals surface area (Å²) >= 11 is 0. The maximum atomic E-state index is 14.2. The molecular formula is C17H15F. The van der Waals surface area contributed by atoms with Gasteiger partial charge in [0.05, 0.1) is 0 Å². The minimum absolute atomic E-state index is 0.124. The van der Waals surface area contributed by atoms with Crippen molar-refractivity contribution in [2.75, 3.05) is 0 Å². The SMILES string of the molecule is Cc1cc(F)c2c(ccc3c(C)cc(C)cc32)c1. The van der Waals surface area contributed by atoms with Gasteiger partial charge in [-0.1, -0.05) is 35.9 Å². The van der Waals surface area contributed by atoms with Crippen LogP contribution < -0.4 is 0 Å². The van der Waals surface area contributed by atoms with Crippen LogP contribution in [0.15, 0.2) is 36.4 Å². The highest BCUT2D eigenvalue weighted by Crippen LogP contribution is 2.31. The molecule has 3 aromatic carbocycles. The van der Waals surface area contributed by atoms with Crippen LogP contribution in [0.25, 0.3) is 21.5 Å². The average molecular weight is 238 g/mol. The van der Waals surface area contributed by atoms with Crippen molar-refractivity contribution in [2.45, 2.75) is 20.8 Å². The zero-order chi connectivity index (χ0) is 12.9. The van der Waals surface area contributed by atoms with Crippen LogP contribution in [0, 0.1) is 26.6 Å². The molecule has 0 aliphatic carbocycles. The Hall–Kier alpha value is -1.89. The smallest absolute Gasteiger partial charge is 0.131 e. The molecule has 0 aliphatic rings. The zero-order valence-electron chi connectivity index (χ0n) is 10.8. The van der Waals surface area contributed by atoms with E-state index in [0.717, 1.165) is 27.1 Å². The Morgan fingerprint density at radius 3 is 2.28 bits per heavy atom. The normalized spacial score (nSPS) is 11.3. The number of aryl methyl sites for hydroxylation is 3. The molecule has 90 valence electrons. The summed E-state index contributed by atoms with van der Waals surface area (Å²) in [4.78, 5) is 0. The van der Waals surface area contributed by atoms with Crippen molar-refractivity contribution in [3.63, 3.8) is 0 Å². The summed E-state index contributed by atoms with van der Waals surface area (Å²) < 4.78 is 14.2. The second-order valence-corrected chi connectivity index (χ2v) is 5.09. The molecule has 0 saturated heterocycles. The van der Waals surface area contributed by atoms with Crippen LogP contribution in [-0.2, 0) is 0 Å². The highest BCUT2D eigenvalue weighted by atomic mass is 19.1. The molecule has 0 amide bonds. The molecule has 0 saturated carbocycles. The highest BCUT2D eigenvalue weighted by Gasteiger charge is 2.08. The first-order chi connectivity index (χ1) is 8.56. The third-order valence-corrected chi connectivity index (χ3v) is 3.50. The Morgan fingerprint density at radius 2 is 1.50 bits per heavy atom. The van der Waals surface area contributed by atoms with Crippen molar-refractivity contribution < 1.29 is 4.39 Å². The Morgan fingerprint density at radius 1 is 0.778 bits per heavy atom. The molecule has 0 spiro atoms.